The van der Waals surface area contributed by atoms with Crippen LogP contribution in [0, 0.1) is 28.6 Å². The van der Waals surface area contributed by atoms with Crippen LogP contribution in [-0.2, 0) is 0 Å². The fourth-order valence-electron chi connectivity index (χ4n) is 3.97. The first-order valence-corrected chi connectivity index (χ1v) is 5.40. The zero-order valence-electron chi connectivity index (χ0n) is 9.15. The van der Waals surface area contributed by atoms with Crippen molar-refractivity contribution in [2.45, 2.75) is 47.5 Å². The molecular formula is C12H22. The lowest BCUT2D eigenvalue weighted by Crippen LogP contribution is -2.63. The maximum absolute atomic E-state index is 2.46. The molecule has 0 heteroatoms. The summed E-state index contributed by atoms with van der Waals surface area (Å²) in [5.41, 5.74) is 1.40. The van der Waals surface area contributed by atoms with Crippen molar-refractivity contribution in [1.82, 2.24) is 0 Å². The Balaban J connectivity index is 2.10. The topological polar surface area (TPSA) is 0 Å². The molecule has 0 radical (unpaired) electrons. The van der Waals surface area contributed by atoms with Crippen LogP contribution in [0.5, 0.6) is 0 Å². The minimum atomic E-state index is 0.633. The molecule has 0 aromatic rings. The molecule has 2 aliphatic carbocycles. The Morgan fingerprint density at radius 2 is 1.67 bits per heavy atom. The van der Waals surface area contributed by atoms with Crippen molar-refractivity contribution in [1.29, 1.82) is 0 Å². The van der Waals surface area contributed by atoms with Crippen molar-refractivity contribution in [2.75, 3.05) is 0 Å². The highest BCUT2D eigenvalue weighted by atomic mass is 14.7. The second-order valence-electron chi connectivity index (χ2n) is 6.09. The molecule has 0 bridgehead atoms. The van der Waals surface area contributed by atoms with E-state index in [1.165, 1.54) is 12.8 Å². The predicted molar refractivity (Wildman–Crippen MR) is 52.9 cm³/mol. The third-order valence-electron chi connectivity index (χ3n) is 5.28. The molecule has 0 nitrogen and oxygen atoms in total. The fraction of sp³-hybridized carbons (Fsp3) is 1.00. The van der Waals surface area contributed by atoms with Gasteiger partial charge in [0.25, 0.3) is 0 Å². The summed E-state index contributed by atoms with van der Waals surface area (Å²) >= 11 is 0. The van der Waals surface area contributed by atoms with Crippen molar-refractivity contribution in [2.24, 2.45) is 28.6 Å². The van der Waals surface area contributed by atoms with Gasteiger partial charge in [0.05, 0.1) is 0 Å². The Kier molecular flexibility index (Phi) is 1.49. The summed E-state index contributed by atoms with van der Waals surface area (Å²) < 4.78 is 0. The Bertz CT molecular complexity index is 204. The van der Waals surface area contributed by atoms with Gasteiger partial charge in [0.2, 0.25) is 0 Å². The SMILES string of the molecule is CC1CC2(CC(C)(C)C2C)C1C. The molecular weight excluding hydrogens is 144 g/mol. The maximum Gasteiger partial charge on any atom is -0.0231 e. The molecule has 2 saturated carbocycles. The van der Waals surface area contributed by atoms with Crippen LogP contribution < -0.4 is 0 Å². The Morgan fingerprint density at radius 1 is 1.08 bits per heavy atom. The molecule has 2 fully saturated rings. The normalized spacial score (nSPS) is 56.2. The van der Waals surface area contributed by atoms with Crippen LogP contribution in [0.2, 0.25) is 0 Å². The van der Waals surface area contributed by atoms with E-state index in [0.29, 0.717) is 5.41 Å². The predicted octanol–water partition coefficient (Wildman–Crippen LogP) is 3.71. The second-order valence-corrected chi connectivity index (χ2v) is 6.09. The first-order chi connectivity index (χ1) is 5.40. The zero-order chi connectivity index (χ0) is 9.15. The molecule has 0 aliphatic heterocycles. The van der Waals surface area contributed by atoms with E-state index in [4.69, 9.17) is 0 Å². The maximum atomic E-state index is 2.46. The van der Waals surface area contributed by atoms with Crippen LogP contribution in [0.1, 0.15) is 47.5 Å². The molecule has 4 unspecified atom stereocenters. The summed E-state index contributed by atoms with van der Waals surface area (Å²) in [4.78, 5) is 0. The highest BCUT2D eigenvalue weighted by Gasteiger charge is 2.64. The van der Waals surface area contributed by atoms with E-state index in [9.17, 15) is 0 Å². The molecule has 0 saturated heterocycles. The van der Waals surface area contributed by atoms with Gasteiger partial charge in [0.1, 0.15) is 0 Å². The Labute approximate surface area is 76.7 Å². The smallest absolute Gasteiger partial charge is 0.0231 e. The van der Waals surface area contributed by atoms with Gasteiger partial charge in [-0.3, -0.25) is 0 Å². The summed E-state index contributed by atoms with van der Waals surface area (Å²) in [6, 6.07) is 0. The van der Waals surface area contributed by atoms with Crippen molar-refractivity contribution in [3.8, 4) is 0 Å². The van der Waals surface area contributed by atoms with E-state index in [-0.39, 0.29) is 0 Å². The van der Waals surface area contributed by atoms with Gasteiger partial charge in [-0.25, -0.2) is 0 Å². The van der Waals surface area contributed by atoms with Crippen LogP contribution in [0.15, 0.2) is 0 Å². The second kappa shape index (κ2) is 2.08. The molecule has 0 heterocycles. The minimum absolute atomic E-state index is 0.633. The molecule has 0 N–H and O–H groups in total. The van der Waals surface area contributed by atoms with E-state index in [1.807, 2.05) is 0 Å². The first-order valence-electron chi connectivity index (χ1n) is 5.40. The lowest BCUT2D eigenvalue weighted by Gasteiger charge is -2.70. The quantitative estimate of drug-likeness (QED) is 0.514. The monoisotopic (exact) mass is 166 g/mol. The summed E-state index contributed by atoms with van der Waals surface area (Å²) in [6.07, 6.45) is 2.98. The molecule has 70 valence electrons. The van der Waals surface area contributed by atoms with Crippen molar-refractivity contribution < 1.29 is 0 Å². The van der Waals surface area contributed by atoms with E-state index in [0.717, 1.165) is 23.2 Å². The van der Waals surface area contributed by atoms with Gasteiger partial charge < -0.3 is 0 Å². The van der Waals surface area contributed by atoms with Crippen molar-refractivity contribution in [3.63, 3.8) is 0 Å². The third kappa shape index (κ3) is 0.744. The van der Waals surface area contributed by atoms with E-state index >= 15 is 0 Å². The number of rotatable bonds is 0. The lowest BCUT2D eigenvalue weighted by atomic mass is 9.35. The fourth-order valence-corrected chi connectivity index (χ4v) is 3.97. The van der Waals surface area contributed by atoms with Crippen LogP contribution >= 0.6 is 0 Å². The van der Waals surface area contributed by atoms with Crippen molar-refractivity contribution >= 4 is 0 Å². The van der Waals surface area contributed by atoms with Gasteiger partial charge in [0.15, 0.2) is 0 Å². The van der Waals surface area contributed by atoms with Gasteiger partial charge in [-0.05, 0) is 41.4 Å². The number of hydrogen-bond donors (Lipinski definition) is 0. The van der Waals surface area contributed by atoms with E-state index < -0.39 is 0 Å². The summed E-state index contributed by atoms with van der Waals surface area (Å²) in [5.74, 6) is 2.93. The summed E-state index contributed by atoms with van der Waals surface area (Å²) in [6.45, 7) is 12.2. The lowest BCUT2D eigenvalue weighted by molar-refractivity contribution is -0.212. The third-order valence-corrected chi connectivity index (χ3v) is 5.28. The highest BCUT2D eigenvalue weighted by Crippen LogP contribution is 2.71. The van der Waals surface area contributed by atoms with Crippen molar-refractivity contribution in [3.05, 3.63) is 0 Å². The van der Waals surface area contributed by atoms with Gasteiger partial charge >= 0.3 is 0 Å². The van der Waals surface area contributed by atoms with Gasteiger partial charge in [-0.1, -0.05) is 34.6 Å². The summed E-state index contributed by atoms with van der Waals surface area (Å²) in [5, 5.41) is 0. The molecule has 12 heavy (non-hydrogen) atoms. The van der Waals surface area contributed by atoms with Crippen LogP contribution in [0.4, 0.5) is 0 Å². The molecule has 2 aliphatic rings. The molecule has 2 rings (SSSR count). The first kappa shape index (κ1) is 8.59. The average Bonchev–Trinajstić information content (AvgIpc) is 2.02. The zero-order valence-corrected chi connectivity index (χ0v) is 9.15. The van der Waals surface area contributed by atoms with E-state index in [2.05, 4.69) is 34.6 Å². The molecule has 4 atom stereocenters. The molecule has 0 amide bonds. The molecule has 1 spiro atoms. The van der Waals surface area contributed by atoms with Gasteiger partial charge in [0, 0.05) is 0 Å². The molecule has 0 aromatic heterocycles. The molecule has 0 aromatic carbocycles. The Morgan fingerprint density at radius 3 is 1.92 bits per heavy atom. The van der Waals surface area contributed by atoms with Crippen LogP contribution in [0.25, 0.3) is 0 Å². The largest absolute Gasteiger partial charge is 0.0622 e. The average molecular weight is 166 g/mol. The highest BCUT2D eigenvalue weighted by molar-refractivity contribution is 5.12. The number of hydrogen-bond acceptors (Lipinski definition) is 0. The Hall–Kier alpha value is 0. The summed E-state index contributed by atoms with van der Waals surface area (Å²) in [7, 11) is 0. The standard InChI is InChI=1S/C12H22/c1-8-6-12(9(8)2)7-11(4,5)10(12)3/h8-10H,6-7H2,1-5H3. The van der Waals surface area contributed by atoms with Gasteiger partial charge in [-0.15, -0.1) is 0 Å². The van der Waals surface area contributed by atoms with Gasteiger partial charge in [-0.2, -0.15) is 0 Å². The van der Waals surface area contributed by atoms with E-state index in [1.54, 1.807) is 0 Å². The van der Waals surface area contributed by atoms with Crippen LogP contribution in [-0.4, -0.2) is 0 Å². The van der Waals surface area contributed by atoms with Crippen LogP contribution in [0.3, 0.4) is 0 Å². The minimum Gasteiger partial charge on any atom is -0.0622 e.